The lowest BCUT2D eigenvalue weighted by Gasteiger charge is -2.29. The first-order valence-electron chi connectivity index (χ1n) is 7.90. The fourth-order valence-electron chi connectivity index (χ4n) is 2.48. The van der Waals surface area contributed by atoms with Crippen molar-refractivity contribution in [2.24, 2.45) is 0 Å². The van der Waals surface area contributed by atoms with Gasteiger partial charge in [0.1, 0.15) is 0 Å². The van der Waals surface area contributed by atoms with Crippen molar-refractivity contribution >= 4 is 12.3 Å². The van der Waals surface area contributed by atoms with Gasteiger partial charge in [0.25, 0.3) is 5.91 Å². The van der Waals surface area contributed by atoms with Gasteiger partial charge in [0, 0.05) is 20.6 Å². The first-order valence-corrected chi connectivity index (χ1v) is 7.90. The summed E-state index contributed by atoms with van der Waals surface area (Å²) in [6.07, 6.45) is 2.37. The fraction of sp³-hybridized carbons (Fsp3) is 0.529. The van der Waals surface area contributed by atoms with E-state index in [9.17, 15) is 9.59 Å². The molecule has 2 rings (SSSR count). The Morgan fingerprint density at radius 3 is 2.43 bits per heavy atom. The van der Waals surface area contributed by atoms with E-state index in [-0.39, 0.29) is 13.4 Å². The maximum Gasteiger partial charge on any atom is 0.255 e. The van der Waals surface area contributed by atoms with Gasteiger partial charge in [-0.3, -0.25) is 9.59 Å². The topological polar surface area (TPSA) is 67.9 Å². The summed E-state index contributed by atoms with van der Waals surface area (Å²) in [4.78, 5) is 24.8. The number of piperidine rings is 1. The van der Waals surface area contributed by atoms with E-state index in [4.69, 9.17) is 9.47 Å². The SMILES string of the molecule is CC.COc1cccc(C(=O)NC2CCN(C=O)CC2)c1OC.[HH]. The molecule has 0 spiro atoms. The van der Waals surface area contributed by atoms with Crippen LogP contribution < -0.4 is 14.8 Å². The van der Waals surface area contributed by atoms with Gasteiger partial charge in [0.05, 0.1) is 19.8 Å². The minimum Gasteiger partial charge on any atom is -0.493 e. The van der Waals surface area contributed by atoms with Gasteiger partial charge in [-0.15, -0.1) is 0 Å². The molecule has 1 heterocycles. The Morgan fingerprint density at radius 2 is 1.91 bits per heavy atom. The van der Waals surface area contributed by atoms with Crippen LogP contribution in [0.2, 0.25) is 0 Å². The van der Waals surface area contributed by atoms with Crippen LogP contribution in [0.1, 0.15) is 38.5 Å². The summed E-state index contributed by atoms with van der Waals surface area (Å²) in [5.74, 6) is 0.777. The molecule has 1 aliphatic rings. The summed E-state index contributed by atoms with van der Waals surface area (Å²) in [5, 5.41) is 2.99. The third-order valence-corrected chi connectivity index (χ3v) is 3.66. The molecule has 1 N–H and O–H groups in total. The van der Waals surface area contributed by atoms with Crippen molar-refractivity contribution < 1.29 is 20.5 Å². The van der Waals surface area contributed by atoms with Crippen LogP contribution in [0, 0.1) is 0 Å². The molecule has 130 valence electrons. The van der Waals surface area contributed by atoms with E-state index in [1.54, 1.807) is 23.1 Å². The molecule has 1 aromatic rings. The number of amides is 2. The van der Waals surface area contributed by atoms with Crippen molar-refractivity contribution in [3.8, 4) is 11.5 Å². The van der Waals surface area contributed by atoms with Crippen LogP contribution in [0.3, 0.4) is 0 Å². The highest BCUT2D eigenvalue weighted by Gasteiger charge is 2.22. The second-order valence-electron chi connectivity index (χ2n) is 4.93. The Kier molecular flexibility index (Phi) is 7.94. The molecule has 0 atom stereocenters. The zero-order valence-electron chi connectivity index (χ0n) is 14.3. The molecule has 0 unspecified atom stereocenters. The molecule has 0 bridgehead atoms. The number of nitrogens with zero attached hydrogens (tertiary/aromatic N) is 1. The van der Waals surface area contributed by atoms with E-state index in [2.05, 4.69) is 5.32 Å². The molecule has 0 radical (unpaired) electrons. The average molecular weight is 324 g/mol. The number of carbonyl (C=O) groups is 2. The Labute approximate surface area is 139 Å². The monoisotopic (exact) mass is 324 g/mol. The molecular weight excluding hydrogens is 296 g/mol. The van der Waals surface area contributed by atoms with Crippen molar-refractivity contribution in [1.29, 1.82) is 0 Å². The second-order valence-corrected chi connectivity index (χ2v) is 4.93. The van der Waals surface area contributed by atoms with E-state index in [1.807, 2.05) is 13.8 Å². The first-order chi connectivity index (χ1) is 11.2. The van der Waals surface area contributed by atoms with Crippen molar-refractivity contribution in [2.75, 3.05) is 27.3 Å². The number of nitrogens with one attached hydrogen (secondary N) is 1. The van der Waals surface area contributed by atoms with Crippen molar-refractivity contribution in [3.05, 3.63) is 23.8 Å². The van der Waals surface area contributed by atoms with E-state index in [1.165, 1.54) is 14.2 Å². The van der Waals surface area contributed by atoms with Crippen LogP contribution in [-0.2, 0) is 4.79 Å². The third kappa shape index (κ3) is 4.87. The van der Waals surface area contributed by atoms with Gasteiger partial charge in [0.15, 0.2) is 11.5 Å². The summed E-state index contributed by atoms with van der Waals surface area (Å²) < 4.78 is 10.5. The van der Waals surface area contributed by atoms with Crippen molar-refractivity contribution in [2.45, 2.75) is 32.7 Å². The molecule has 0 aromatic heterocycles. The molecule has 6 nitrogen and oxygen atoms in total. The smallest absolute Gasteiger partial charge is 0.255 e. The predicted molar refractivity (Wildman–Crippen MR) is 91.1 cm³/mol. The van der Waals surface area contributed by atoms with E-state index in [0.29, 0.717) is 30.2 Å². The minimum absolute atomic E-state index is 0. The highest BCUT2D eigenvalue weighted by molar-refractivity contribution is 5.98. The van der Waals surface area contributed by atoms with E-state index >= 15 is 0 Å². The number of para-hydroxylation sites is 1. The number of benzene rings is 1. The largest absolute Gasteiger partial charge is 0.493 e. The Hall–Kier alpha value is -2.24. The summed E-state index contributed by atoms with van der Waals surface area (Å²) >= 11 is 0. The molecule has 1 fully saturated rings. The number of rotatable bonds is 5. The molecule has 6 heteroatoms. The third-order valence-electron chi connectivity index (χ3n) is 3.66. The second kappa shape index (κ2) is 9.71. The van der Waals surface area contributed by atoms with Crippen LogP contribution >= 0.6 is 0 Å². The van der Waals surface area contributed by atoms with Gasteiger partial charge >= 0.3 is 0 Å². The summed E-state index contributed by atoms with van der Waals surface area (Å²) in [6.45, 7) is 5.34. The van der Waals surface area contributed by atoms with Crippen molar-refractivity contribution in [1.82, 2.24) is 10.2 Å². The molecule has 23 heavy (non-hydrogen) atoms. The minimum atomic E-state index is -0.185. The van der Waals surface area contributed by atoms with Gasteiger partial charge in [-0.05, 0) is 25.0 Å². The van der Waals surface area contributed by atoms with Crippen LogP contribution in [0.5, 0.6) is 11.5 Å². The standard InChI is InChI=1S/C15H20N2O4.C2H6.H2/c1-20-13-5-3-4-12(14(13)21-2)15(19)16-11-6-8-17(10-18)9-7-11;1-2;/h3-5,10-11H,6-9H2,1-2H3,(H,16,19);1-2H3;1H. The summed E-state index contributed by atoms with van der Waals surface area (Å²) in [5.41, 5.74) is 0.453. The van der Waals surface area contributed by atoms with Gasteiger partial charge in [0.2, 0.25) is 6.41 Å². The fourth-order valence-corrected chi connectivity index (χ4v) is 2.48. The highest BCUT2D eigenvalue weighted by atomic mass is 16.5. The molecule has 0 aliphatic carbocycles. The molecular formula is C17H28N2O4. The molecule has 1 aliphatic heterocycles. The quantitative estimate of drug-likeness (QED) is 0.844. The number of methoxy groups -OCH3 is 2. The van der Waals surface area contributed by atoms with Gasteiger partial charge in [-0.25, -0.2) is 0 Å². The van der Waals surface area contributed by atoms with Crippen LogP contribution in [-0.4, -0.2) is 50.6 Å². The number of likely N-dealkylation sites (tertiary alicyclic amines) is 1. The average Bonchev–Trinajstić information content (AvgIpc) is 2.63. The van der Waals surface area contributed by atoms with Crippen molar-refractivity contribution in [3.63, 3.8) is 0 Å². The predicted octanol–water partition coefficient (Wildman–Crippen LogP) is 2.33. The Balaban J connectivity index is 0.00000170. The maximum atomic E-state index is 12.4. The van der Waals surface area contributed by atoms with Crippen LogP contribution in [0.25, 0.3) is 0 Å². The Morgan fingerprint density at radius 1 is 1.26 bits per heavy atom. The number of ether oxygens (including phenoxy) is 2. The zero-order chi connectivity index (χ0) is 17.2. The first kappa shape index (κ1) is 18.8. The lowest BCUT2D eigenvalue weighted by molar-refractivity contribution is -0.119. The van der Waals surface area contributed by atoms with Gasteiger partial charge in [-0.2, -0.15) is 0 Å². The maximum absolute atomic E-state index is 12.4. The van der Waals surface area contributed by atoms with Gasteiger partial charge in [-0.1, -0.05) is 19.9 Å². The van der Waals surface area contributed by atoms with Gasteiger partial charge < -0.3 is 19.7 Å². The number of carbonyl (C=O) groups excluding carboxylic acids is 2. The lowest BCUT2D eigenvalue weighted by Crippen LogP contribution is -2.44. The number of hydrogen-bond donors (Lipinski definition) is 1. The van der Waals surface area contributed by atoms with Crippen LogP contribution in [0.4, 0.5) is 0 Å². The summed E-state index contributed by atoms with van der Waals surface area (Å²) in [7, 11) is 3.05. The van der Waals surface area contributed by atoms with E-state index in [0.717, 1.165) is 19.3 Å². The number of hydrogen-bond acceptors (Lipinski definition) is 4. The van der Waals surface area contributed by atoms with Crippen LogP contribution in [0.15, 0.2) is 18.2 Å². The molecule has 1 aromatic carbocycles. The van der Waals surface area contributed by atoms with E-state index < -0.39 is 0 Å². The molecule has 2 amide bonds. The molecule has 1 saturated heterocycles. The zero-order valence-corrected chi connectivity index (χ0v) is 14.3. The Bertz CT molecular complexity index is 517. The highest BCUT2D eigenvalue weighted by Crippen LogP contribution is 2.30. The normalized spacial score (nSPS) is 14.3. The summed E-state index contributed by atoms with van der Waals surface area (Å²) in [6, 6.07) is 5.28. The lowest BCUT2D eigenvalue weighted by atomic mass is 10.0. The molecule has 0 saturated carbocycles.